The zero-order valence-corrected chi connectivity index (χ0v) is 25.8. The molecule has 0 radical (unpaired) electrons. The zero-order valence-electron chi connectivity index (χ0n) is 24.8. The van der Waals surface area contributed by atoms with Gasteiger partial charge in [-0.2, -0.15) is 9.97 Å². The summed E-state index contributed by atoms with van der Waals surface area (Å²) in [4.78, 5) is 24.3. The van der Waals surface area contributed by atoms with Crippen molar-refractivity contribution in [3.63, 3.8) is 0 Å². The first-order chi connectivity index (χ1) is 19.7. The van der Waals surface area contributed by atoms with E-state index in [2.05, 4.69) is 63.7 Å². The third-order valence-electron chi connectivity index (χ3n) is 7.37. The normalized spacial score (nSPS) is 14.0. The number of nitrogens with zero attached hydrogens (tertiary/aromatic N) is 3. The van der Waals surface area contributed by atoms with Crippen LogP contribution in [-0.4, -0.2) is 82.5 Å². The van der Waals surface area contributed by atoms with Gasteiger partial charge in [0.15, 0.2) is 11.4 Å². The maximum Gasteiger partial charge on any atom is 0.291 e. The van der Waals surface area contributed by atoms with Crippen LogP contribution in [0.2, 0.25) is 19.1 Å². The molecule has 222 valence electrons. The zero-order chi connectivity index (χ0) is 29.4. The highest BCUT2D eigenvalue weighted by Crippen LogP contribution is 2.34. The second kappa shape index (κ2) is 13.8. The first-order valence-electron chi connectivity index (χ1n) is 14.0. The summed E-state index contributed by atoms with van der Waals surface area (Å²) < 4.78 is 28.1. The summed E-state index contributed by atoms with van der Waals surface area (Å²) in [5, 5.41) is 7.27. The predicted molar refractivity (Wildman–Crippen MR) is 161 cm³/mol. The Balaban J connectivity index is 1.41. The molecule has 11 nitrogen and oxygen atoms in total. The minimum Gasteiger partial charge on any atom is -0.479 e. The summed E-state index contributed by atoms with van der Waals surface area (Å²) in [5.74, 6) is 1.15. The molecule has 1 amide bonds. The molecule has 12 heteroatoms. The molecular formula is C29H41N5O6Si. The fourth-order valence-corrected chi connectivity index (χ4v) is 5.81. The molecule has 0 bridgehead atoms. The van der Waals surface area contributed by atoms with E-state index in [1.807, 2.05) is 6.92 Å². The number of ether oxygens (including phenoxy) is 4. The van der Waals surface area contributed by atoms with Gasteiger partial charge in [0.1, 0.15) is 5.75 Å². The molecule has 1 fully saturated rings. The largest absolute Gasteiger partial charge is 0.479 e. The van der Waals surface area contributed by atoms with Crippen molar-refractivity contribution in [3.8, 4) is 23.5 Å². The van der Waals surface area contributed by atoms with Gasteiger partial charge in [-0.15, -0.1) is 0 Å². The quantitative estimate of drug-likeness (QED) is 0.220. The number of amides is 1. The van der Waals surface area contributed by atoms with Gasteiger partial charge in [0, 0.05) is 25.7 Å². The molecule has 0 unspecified atom stereocenters. The number of carbonyl (C=O) groups is 1. The minimum atomic E-state index is -1.54. The van der Waals surface area contributed by atoms with Gasteiger partial charge in [-0.3, -0.25) is 9.69 Å². The number of aryl methyl sites for hydroxylation is 1. The highest BCUT2D eigenvalue weighted by molar-refractivity contribution is 6.89. The van der Waals surface area contributed by atoms with Crippen LogP contribution in [-0.2, 0) is 4.74 Å². The van der Waals surface area contributed by atoms with E-state index in [1.165, 1.54) is 19.4 Å². The van der Waals surface area contributed by atoms with Gasteiger partial charge in [-0.05, 0) is 37.6 Å². The molecule has 0 atom stereocenters. The number of anilines is 2. The van der Waals surface area contributed by atoms with Gasteiger partial charge in [0.2, 0.25) is 17.7 Å². The summed E-state index contributed by atoms with van der Waals surface area (Å²) in [6.07, 6.45) is 0.914. The first-order valence-corrected chi connectivity index (χ1v) is 17.2. The molecular weight excluding hydrogens is 542 g/mol. The molecule has 4 rings (SSSR count). The number of furan rings is 1. The summed E-state index contributed by atoms with van der Waals surface area (Å²) in [5.41, 5.74) is 1.19. The number of benzene rings is 1. The van der Waals surface area contributed by atoms with Crippen LogP contribution in [0.1, 0.15) is 29.5 Å². The summed E-state index contributed by atoms with van der Waals surface area (Å²) >= 11 is 0. The average molecular weight is 584 g/mol. The number of hydrogen-bond acceptors (Lipinski definition) is 10. The fraction of sp³-hybridized carbons (Fsp3) is 0.483. The second-order valence-corrected chi connectivity index (χ2v) is 15.6. The van der Waals surface area contributed by atoms with E-state index in [4.69, 9.17) is 23.4 Å². The number of carbonyl (C=O) groups excluding carboxylic acids is 1. The Kier molecular flexibility index (Phi) is 10.2. The number of nitrogens with one attached hydrogen (secondary N) is 2. The fourth-order valence-electron chi connectivity index (χ4n) is 4.35. The van der Waals surface area contributed by atoms with E-state index in [-0.39, 0.29) is 29.2 Å². The van der Waals surface area contributed by atoms with Gasteiger partial charge in [-0.25, -0.2) is 0 Å². The third-order valence-corrected chi connectivity index (χ3v) is 11.0. The SMILES string of the molecule is CC[Si](C)(C)c1ccc(C)c(Oc2ccc(C(=O)Nc3c(OC)nc(NCCCN4CCOCC4)nc3OC)o2)c1. The van der Waals surface area contributed by atoms with E-state index >= 15 is 0 Å². The Morgan fingerprint density at radius 1 is 1.07 bits per heavy atom. The summed E-state index contributed by atoms with van der Waals surface area (Å²) in [7, 11) is 1.40. The maximum absolute atomic E-state index is 13.1. The number of morpholine rings is 1. The smallest absolute Gasteiger partial charge is 0.291 e. The van der Waals surface area contributed by atoms with Gasteiger partial charge in [0.25, 0.3) is 11.9 Å². The standard InChI is InChI=1S/C29H41N5O6Si/c1-7-41(5,6)21-10-9-20(2)23(19-21)40-24-12-11-22(39-24)26(35)31-25-27(36-3)32-29(33-28(25)37-4)30-13-8-14-34-15-17-38-18-16-34/h9-12,19H,7-8,13-18H2,1-6H3,(H,31,35)(H,30,32,33). The molecule has 2 N–H and O–H groups in total. The molecule has 2 aromatic heterocycles. The van der Waals surface area contributed by atoms with Crippen LogP contribution in [0.25, 0.3) is 0 Å². The molecule has 0 saturated carbocycles. The lowest BCUT2D eigenvalue weighted by Crippen LogP contribution is -2.40. The van der Waals surface area contributed by atoms with Crippen molar-refractivity contribution in [2.75, 3.05) is 64.2 Å². The van der Waals surface area contributed by atoms with Crippen molar-refractivity contribution in [2.24, 2.45) is 0 Å². The molecule has 3 aromatic rings. The van der Waals surface area contributed by atoms with Gasteiger partial charge < -0.3 is 34.0 Å². The Morgan fingerprint density at radius 3 is 2.44 bits per heavy atom. The molecule has 1 aromatic carbocycles. The number of rotatable bonds is 13. The third kappa shape index (κ3) is 7.78. The molecule has 3 heterocycles. The van der Waals surface area contributed by atoms with E-state index in [0.29, 0.717) is 18.2 Å². The van der Waals surface area contributed by atoms with Crippen LogP contribution < -0.4 is 30.0 Å². The molecule has 41 heavy (non-hydrogen) atoms. The maximum atomic E-state index is 13.1. The van der Waals surface area contributed by atoms with Crippen LogP contribution in [0.4, 0.5) is 11.6 Å². The molecule has 1 aliphatic heterocycles. The Labute approximate surface area is 242 Å². The lowest BCUT2D eigenvalue weighted by atomic mass is 10.2. The minimum absolute atomic E-state index is 0.0616. The Hall–Kier alpha value is -3.61. The Morgan fingerprint density at radius 2 is 1.78 bits per heavy atom. The van der Waals surface area contributed by atoms with Crippen molar-refractivity contribution >= 4 is 30.8 Å². The second-order valence-electron chi connectivity index (χ2n) is 10.6. The molecule has 0 spiro atoms. The van der Waals surface area contributed by atoms with E-state index in [9.17, 15) is 4.79 Å². The van der Waals surface area contributed by atoms with Crippen LogP contribution in [0.15, 0.2) is 34.7 Å². The van der Waals surface area contributed by atoms with Crippen LogP contribution >= 0.6 is 0 Å². The average Bonchev–Trinajstić information content (AvgIpc) is 3.46. The predicted octanol–water partition coefficient (Wildman–Crippen LogP) is 4.51. The number of aromatic nitrogens is 2. The van der Waals surface area contributed by atoms with Gasteiger partial charge in [0.05, 0.1) is 35.5 Å². The number of methoxy groups -OCH3 is 2. The van der Waals surface area contributed by atoms with E-state index in [0.717, 1.165) is 50.9 Å². The lowest BCUT2D eigenvalue weighted by Gasteiger charge is -2.26. The van der Waals surface area contributed by atoms with Gasteiger partial charge >= 0.3 is 0 Å². The van der Waals surface area contributed by atoms with Crippen molar-refractivity contribution in [1.29, 1.82) is 0 Å². The highest BCUT2D eigenvalue weighted by Gasteiger charge is 2.24. The highest BCUT2D eigenvalue weighted by atomic mass is 28.3. The van der Waals surface area contributed by atoms with Crippen molar-refractivity contribution < 1.29 is 28.2 Å². The first kappa shape index (κ1) is 30.3. The summed E-state index contributed by atoms with van der Waals surface area (Å²) in [6, 6.07) is 10.6. The van der Waals surface area contributed by atoms with E-state index in [1.54, 1.807) is 12.1 Å². The summed E-state index contributed by atoms with van der Waals surface area (Å²) in [6.45, 7) is 13.9. The van der Waals surface area contributed by atoms with E-state index < -0.39 is 14.0 Å². The van der Waals surface area contributed by atoms with Crippen molar-refractivity contribution in [1.82, 2.24) is 14.9 Å². The van der Waals surface area contributed by atoms with Gasteiger partial charge in [-0.1, -0.05) is 43.4 Å². The monoisotopic (exact) mass is 583 g/mol. The van der Waals surface area contributed by atoms with Crippen LogP contribution in [0.3, 0.4) is 0 Å². The van der Waals surface area contributed by atoms with Crippen LogP contribution in [0.5, 0.6) is 23.5 Å². The topological polar surface area (TPSA) is 120 Å². The van der Waals surface area contributed by atoms with Crippen molar-refractivity contribution in [2.45, 2.75) is 39.4 Å². The lowest BCUT2D eigenvalue weighted by molar-refractivity contribution is 0.0378. The number of hydrogen-bond donors (Lipinski definition) is 2. The molecule has 1 aliphatic rings. The molecule has 0 aliphatic carbocycles. The van der Waals surface area contributed by atoms with Crippen LogP contribution in [0, 0.1) is 6.92 Å². The Bertz CT molecular complexity index is 1300. The molecule has 1 saturated heterocycles. The van der Waals surface area contributed by atoms with Crippen molar-refractivity contribution in [3.05, 3.63) is 41.7 Å².